The zero-order valence-electron chi connectivity index (χ0n) is 17.3. The Morgan fingerprint density at radius 2 is 2.00 bits per heavy atom. The highest BCUT2D eigenvalue weighted by molar-refractivity contribution is 8.01. The van der Waals surface area contributed by atoms with Gasteiger partial charge in [-0.3, -0.25) is 14.7 Å². The number of amides is 2. The van der Waals surface area contributed by atoms with Crippen LogP contribution in [0.15, 0.2) is 40.9 Å². The van der Waals surface area contributed by atoms with E-state index in [1.54, 1.807) is 19.0 Å². The van der Waals surface area contributed by atoms with Gasteiger partial charge in [-0.05, 0) is 60.4 Å². The van der Waals surface area contributed by atoms with Crippen molar-refractivity contribution in [3.8, 4) is 0 Å². The number of nitrogens with two attached hydrogens (primary N) is 2. The van der Waals surface area contributed by atoms with Crippen molar-refractivity contribution in [2.75, 3.05) is 27.2 Å². The molecule has 2 amide bonds. The van der Waals surface area contributed by atoms with Crippen molar-refractivity contribution < 1.29 is 9.59 Å². The number of rotatable bonds is 5. The molecule has 2 heterocycles. The van der Waals surface area contributed by atoms with Gasteiger partial charge in [0.25, 0.3) is 11.8 Å². The molecule has 158 valence electrons. The van der Waals surface area contributed by atoms with Gasteiger partial charge in [0.2, 0.25) is 0 Å². The summed E-state index contributed by atoms with van der Waals surface area (Å²) in [5.74, 6) is 0.153. The number of nitrogens with zero attached hydrogens (tertiary/aromatic N) is 2. The molecule has 4 rings (SSSR count). The lowest BCUT2D eigenvalue weighted by atomic mass is 10.00. The molecular formula is C22H27N5O2S. The second kappa shape index (κ2) is 8.20. The lowest BCUT2D eigenvalue weighted by Crippen LogP contribution is -2.37. The molecule has 0 radical (unpaired) electrons. The third kappa shape index (κ3) is 3.97. The minimum atomic E-state index is -0.0858. The molecule has 1 aromatic carbocycles. The maximum atomic E-state index is 13.0. The first kappa shape index (κ1) is 20.6. The Kier molecular flexibility index (Phi) is 5.62. The van der Waals surface area contributed by atoms with E-state index in [1.165, 1.54) is 0 Å². The number of aromatic amines is 1. The molecule has 0 saturated heterocycles. The van der Waals surface area contributed by atoms with Crippen LogP contribution >= 0.6 is 11.9 Å². The molecule has 0 spiro atoms. The number of H-pyrrole nitrogens is 1. The summed E-state index contributed by atoms with van der Waals surface area (Å²) in [6.45, 7) is 1.16. The summed E-state index contributed by atoms with van der Waals surface area (Å²) < 4.78 is 0. The van der Waals surface area contributed by atoms with E-state index in [2.05, 4.69) is 11.1 Å². The Labute approximate surface area is 180 Å². The average Bonchev–Trinajstić information content (AvgIpc) is 3.52. The number of hydrogen-bond donors (Lipinski definition) is 3. The van der Waals surface area contributed by atoms with Crippen molar-refractivity contribution in [1.29, 1.82) is 0 Å². The molecule has 0 unspecified atom stereocenters. The molecule has 1 aliphatic carbocycles. The molecule has 7 nitrogen and oxygen atoms in total. The summed E-state index contributed by atoms with van der Waals surface area (Å²) in [6.07, 6.45) is 5.01. The maximum absolute atomic E-state index is 13.0. The highest BCUT2D eigenvalue weighted by Crippen LogP contribution is 2.37. The van der Waals surface area contributed by atoms with E-state index < -0.39 is 0 Å². The van der Waals surface area contributed by atoms with Gasteiger partial charge in [0.15, 0.2) is 0 Å². The number of nitrogens with one attached hydrogen (secondary N) is 1. The first-order valence-corrected chi connectivity index (χ1v) is 11.0. The summed E-state index contributed by atoms with van der Waals surface area (Å²) in [5, 5.41) is 6.77. The Bertz CT molecular complexity index is 1060. The monoisotopic (exact) mass is 425 g/mol. The van der Waals surface area contributed by atoms with Crippen LogP contribution in [0.2, 0.25) is 0 Å². The molecule has 5 N–H and O–H groups in total. The number of carbonyl (C=O) groups excluding carboxylic acids is 2. The van der Waals surface area contributed by atoms with Crippen molar-refractivity contribution >= 4 is 40.2 Å². The van der Waals surface area contributed by atoms with Crippen LogP contribution in [0, 0.1) is 5.92 Å². The Hall–Kier alpha value is -2.71. The van der Waals surface area contributed by atoms with Gasteiger partial charge in [-0.25, -0.2) is 0 Å². The molecule has 8 heteroatoms. The van der Waals surface area contributed by atoms with Crippen LogP contribution in [0.5, 0.6) is 0 Å². The first-order chi connectivity index (χ1) is 14.4. The fourth-order valence-electron chi connectivity index (χ4n) is 3.77. The summed E-state index contributed by atoms with van der Waals surface area (Å²) in [6, 6.07) is 7.94. The second-order valence-corrected chi connectivity index (χ2v) is 8.75. The van der Waals surface area contributed by atoms with E-state index in [0.29, 0.717) is 35.3 Å². The Morgan fingerprint density at radius 1 is 1.23 bits per heavy atom. The van der Waals surface area contributed by atoms with Crippen molar-refractivity contribution in [3.05, 3.63) is 52.2 Å². The Morgan fingerprint density at radius 3 is 2.67 bits per heavy atom. The topological polar surface area (TPSA) is 108 Å². The highest BCUT2D eigenvalue weighted by atomic mass is 32.2. The van der Waals surface area contributed by atoms with Crippen molar-refractivity contribution in [1.82, 2.24) is 14.8 Å². The summed E-state index contributed by atoms with van der Waals surface area (Å²) in [5.41, 5.74) is 10.4. The van der Waals surface area contributed by atoms with Crippen molar-refractivity contribution in [3.63, 3.8) is 0 Å². The van der Waals surface area contributed by atoms with Crippen LogP contribution < -0.4 is 10.9 Å². The summed E-state index contributed by atoms with van der Waals surface area (Å²) in [7, 11) is 3.46. The van der Waals surface area contributed by atoms with E-state index in [-0.39, 0.29) is 11.8 Å². The molecular weight excluding hydrogens is 398 g/mol. The van der Waals surface area contributed by atoms with Crippen molar-refractivity contribution in [2.24, 2.45) is 16.8 Å². The molecule has 1 saturated carbocycles. The van der Waals surface area contributed by atoms with E-state index in [9.17, 15) is 9.59 Å². The Balaban J connectivity index is 1.56. The van der Waals surface area contributed by atoms with Gasteiger partial charge in [0, 0.05) is 43.8 Å². The minimum absolute atomic E-state index is 0.0618. The quantitative estimate of drug-likeness (QED) is 0.504. The van der Waals surface area contributed by atoms with Crippen LogP contribution in [-0.4, -0.2) is 53.8 Å². The molecule has 1 aromatic heterocycles. The smallest absolute Gasteiger partial charge is 0.269 e. The molecule has 1 aliphatic heterocycles. The van der Waals surface area contributed by atoms with E-state index in [1.807, 2.05) is 29.2 Å². The number of fused-ring (bicyclic) bond motifs is 1. The highest BCUT2D eigenvalue weighted by Gasteiger charge is 2.31. The van der Waals surface area contributed by atoms with Gasteiger partial charge in [-0.15, -0.1) is 0 Å². The zero-order valence-corrected chi connectivity index (χ0v) is 18.1. The third-order valence-corrected chi connectivity index (χ3v) is 6.31. The van der Waals surface area contributed by atoms with Crippen molar-refractivity contribution in [2.45, 2.75) is 19.3 Å². The average molecular weight is 426 g/mol. The van der Waals surface area contributed by atoms with E-state index >= 15 is 0 Å². The van der Waals surface area contributed by atoms with Gasteiger partial charge < -0.3 is 20.5 Å². The molecule has 30 heavy (non-hydrogen) atoms. The standard InChI is InChI=1S/C22H27N5O2S/c1-26(2)21(28)18-11-15-8-7-14(10-17(15)25-18)16-4-3-9-27(12-16)22(29)20(30-24)19(23)13-5-6-13/h4,7-8,10-11,13,25H,3,5-6,9,12,23-24H2,1-2H3/b20-19-. The molecule has 0 bridgehead atoms. The third-order valence-electron chi connectivity index (χ3n) is 5.66. The van der Waals surface area contributed by atoms with Crippen LogP contribution in [0.1, 0.15) is 35.3 Å². The first-order valence-electron chi connectivity index (χ1n) is 10.1. The predicted octanol–water partition coefficient (Wildman–Crippen LogP) is 2.67. The number of aromatic nitrogens is 1. The second-order valence-electron chi connectivity index (χ2n) is 8.11. The van der Waals surface area contributed by atoms with E-state index in [0.717, 1.165) is 53.2 Å². The number of benzene rings is 1. The minimum Gasteiger partial charge on any atom is -0.401 e. The molecule has 2 aromatic rings. The fraction of sp³-hybridized carbons (Fsp3) is 0.364. The SMILES string of the molecule is CN(C)C(=O)c1cc2ccc(C3=CCCN(C(=O)/C(SN)=C(/N)C4CC4)C3)cc2[nH]1. The maximum Gasteiger partial charge on any atom is 0.269 e. The van der Waals surface area contributed by atoms with E-state index in [4.69, 9.17) is 10.9 Å². The lowest BCUT2D eigenvalue weighted by Gasteiger charge is -2.28. The van der Waals surface area contributed by atoms with Crippen LogP contribution in [0.4, 0.5) is 0 Å². The van der Waals surface area contributed by atoms with Gasteiger partial charge in [0.05, 0.1) is 0 Å². The normalized spacial score (nSPS) is 17.6. The number of carbonyl (C=O) groups is 2. The predicted molar refractivity (Wildman–Crippen MR) is 121 cm³/mol. The fourth-order valence-corrected chi connectivity index (χ4v) is 4.31. The van der Waals surface area contributed by atoms with Gasteiger partial charge >= 0.3 is 0 Å². The lowest BCUT2D eigenvalue weighted by molar-refractivity contribution is -0.125. The van der Waals surface area contributed by atoms with Crippen LogP contribution in [0.25, 0.3) is 16.5 Å². The summed E-state index contributed by atoms with van der Waals surface area (Å²) >= 11 is 0.958. The van der Waals surface area contributed by atoms with Gasteiger partial charge in [0.1, 0.15) is 10.6 Å². The molecule has 0 atom stereocenters. The van der Waals surface area contributed by atoms with Gasteiger partial charge in [-0.1, -0.05) is 18.2 Å². The number of allylic oxidation sites excluding steroid dienone is 1. The molecule has 1 fully saturated rings. The molecule has 2 aliphatic rings. The number of hydrogen-bond acceptors (Lipinski definition) is 5. The van der Waals surface area contributed by atoms with Gasteiger partial charge in [-0.2, -0.15) is 0 Å². The van der Waals surface area contributed by atoms with Crippen LogP contribution in [0.3, 0.4) is 0 Å². The zero-order chi connectivity index (χ0) is 21.4. The van der Waals surface area contributed by atoms with Crippen LogP contribution in [-0.2, 0) is 4.79 Å². The largest absolute Gasteiger partial charge is 0.401 e. The summed E-state index contributed by atoms with van der Waals surface area (Å²) in [4.78, 5) is 32.3.